The van der Waals surface area contributed by atoms with Crippen LogP contribution in [0.4, 0.5) is 0 Å². The standard InChI is InChI=1S/C19H23N3O4S2/c23-17(20-13-15-5-2-1-3-6-15)14-21-19(24)16-8-10-22(11-9-16)28(25,26)18-7-4-12-27-18/h1-7,12,16H,8-11,13-14H2,(H,20,23)(H,21,24). The second-order valence-corrected chi connectivity index (χ2v) is 9.70. The van der Waals surface area contributed by atoms with E-state index in [4.69, 9.17) is 0 Å². The van der Waals surface area contributed by atoms with Crippen molar-refractivity contribution in [3.8, 4) is 0 Å². The van der Waals surface area contributed by atoms with Crippen LogP contribution >= 0.6 is 11.3 Å². The minimum absolute atomic E-state index is 0.0840. The van der Waals surface area contributed by atoms with Gasteiger partial charge in [0.1, 0.15) is 4.21 Å². The van der Waals surface area contributed by atoms with Gasteiger partial charge in [-0.05, 0) is 29.9 Å². The fourth-order valence-corrected chi connectivity index (χ4v) is 5.68. The molecule has 1 aromatic carbocycles. The zero-order valence-corrected chi connectivity index (χ0v) is 17.0. The van der Waals surface area contributed by atoms with Gasteiger partial charge in [-0.15, -0.1) is 11.3 Å². The largest absolute Gasteiger partial charge is 0.350 e. The second-order valence-electron chi connectivity index (χ2n) is 6.59. The highest BCUT2D eigenvalue weighted by atomic mass is 32.2. The van der Waals surface area contributed by atoms with Crippen molar-refractivity contribution in [2.75, 3.05) is 19.6 Å². The Balaban J connectivity index is 1.41. The Kier molecular flexibility index (Phi) is 6.82. The first kappa shape index (κ1) is 20.5. The van der Waals surface area contributed by atoms with Crippen LogP contribution in [0.5, 0.6) is 0 Å². The predicted octanol–water partition coefficient (Wildman–Crippen LogP) is 1.58. The highest BCUT2D eigenvalue weighted by Gasteiger charge is 2.32. The molecule has 0 atom stereocenters. The zero-order chi connectivity index (χ0) is 20.0. The van der Waals surface area contributed by atoms with Gasteiger partial charge in [-0.3, -0.25) is 9.59 Å². The number of nitrogens with one attached hydrogen (secondary N) is 2. The van der Waals surface area contributed by atoms with Crippen molar-refractivity contribution in [3.63, 3.8) is 0 Å². The van der Waals surface area contributed by atoms with Gasteiger partial charge < -0.3 is 10.6 Å². The third-order valence-electron chi connectivity index (χ3n) is 4.67. The fraction of sp³-hybridized carbons (Fsp3) is 0.368. The molecular formula is C19H23N3O4S2. The Hall–Kier alpha value is -2.23. The molecule has 2 heterocycles. The molecule has 0 saturated carbocycles. The van der Waals surface area contributed by atoms with Crippen molar-refractivity contribution in [1.82, 2.24) is 14.9 Å². The van der Waals surface area contributed by atoms with E-state index in [1.165, 1.54) is 15.6 Å². The highest BCUT2D eigenvalue weighted by Crippen LogP contribution is 2.26. The van der Waals surface area contributed by atoms with Crippen molar-refractivity contribution < 1.29 is 18.0 Å². The number of carbonyl (C=O) groups excluding carboxylic acids is 2. The SMILES string of the molecule is O=C(CNC(=O)C1CCN(S(=O)(=O)c2cccs2)CC1)NCc1ccccc1. The van der Waals surface area contributed by atoms with E-state index in [1.54, 1.807) is 17.5 Å². The van der Waals surface area contributed by atoms with Crippen LogP contribution in [-0.4, -0.2) is 44.2 Å². The molecule has 0 radical (unpaired) electrons. The maximum Gasteiger partial charge on any atom is 0.252 e. The first-order valence-corrected chi connectivity index (χ1v) is 11.4. The normalized spacial score (nSPS) is 15.9. The van der Waals surface area contributed by atoms with Gasteiger partial charge in [0.05, 0.1) is 6.54 Å². The molecule has 1 saturated heterocycles. The second kappa shape index (κ2) is 9.31. The van der Waals surface area contributed by atoms with Gasteiger partial charge >= 0.3 is 0 Å². The number of hydrogen-bond acceptors (Lipinski definition) is 5. The summed E-state index contributed by atoms with van der Waals surface area (Å²) in [6.07, 6.45) is 0.893. The first-order chi connectivity index (χ1) is 13.5. The van der Waals surface area contributed by atoms with Gasteiger partial charge in [0.15, 0.2) is 0 Å². The third-order valence-corrected chi connectivity index (χ3v) is 7.94. The summed E-state index contributed by atoms with van der Waals surface area (Å²) >= 11 is 1.19. The first-order valence-electron chi connectivity index (χ1n) is 9.09. The van der Waals surface area contributed by atoms with E-state index in [0.29, 0.717) is 36.7 Å². The van der Waals surface area contributed by atoms with Crippen LogP contribution in [0.3, 0.4) is 0 Å². The van der Waals surface area contributed by atoms with Gasteiger partial charge in [-0.1, -0.05) is 36.4 Å². The number of carbonyl (C=O) groups is 2. The molecule has 1 aliphatic heterocycles. The molecule has 0 aliphatic carbocycles. The molecule has 1 aliphatic rings. The number of thiophene rings is 1. The molecule has 0 bridgehead atoms. The Bertz CT molecular complexity index is 891. The molecular weight excluding hydrogens is 398 g/mol. The summed E-state index contributed by atoms with van der Waals surface area (Å²) in [5.74, 6) is -0.741. The van der Waals surface area contributed by atoms with E-state index >= 15 is 0 Å². The maximum atomic E-state index is 12.5. The lowest BCUT2D eigenvalue weighted by atomic mass is 9.97. The molecule has 2 amide bonds. The Morgan fingerprint density at radius 1 is 1.04 bits per heavy atom. The quantitative estimate of drug-likeness (QED) is 0.710. The average molecular weight is 422 g/mol. The fourth-order valence-electron chi connectivity index (χ4n) is 3.07. The van der Waals surface area contributed by atoms with Gasteiger partial charge in [0.25, 0.3) is 10.0 Å². The van der Waals surface area contributed by atoms with Crippen molar-refractivity contribution in [2.24, 2.45) is 5.92 Å². The van der Waals surface area contributed by atoms with Crippen molar-refractivity contribution in [2.45, 2.75) is 23.6 Å². The summed E-state index contributed by atoms with van der Waals surface area (Å²) in [7, 11) is -3.47. The van der Waals surface area contributed by atoms with Gasteiger partial charge in [-0.25, -0.2) is 8.42 Å². The van der Waals surface area contributed by atoms with Crippen molar-refractivity contribution in [1.29, 1.82) is 0 Å². The lowest BCUT2D eigenvalue weighted by Gasteiger charge is -2.30. The number of sulfonamides is 1. The van der Waals surface area contributed by atoms with E-state index in [9.17, 15) is 18.0 Å². The van der Waals surface area contributed by atoms with Crippen LogP contribution in [-0.2, 0) is 26.2 Å². The molecule has 0 unspecified atom stereocenters. The predicted molar refractivity (Wildman–Crippen MR) is 107 cm³/mol. The molecule has 1 fully saturated rings. The number of rotatable bonds is 7. The third kappa shape index (κ3) is 5.18. The molecule has 150 valence electrons. The number of benzene rings is 1. The average Bonchev–Trinajstić information content (AvgIpc) is 3.27. The minimum Gasteiger partial charge on any atom is -0.350 e. The summed E-state index contributed by atoms with van der Waals surface area (Å²) < 4.78 is 26.8. The summed E-state index contributed by atoms with van der Waals surface area (Å²) in [4.78, 5) is 24.2. The van der Waals surface area contributed by atoms with Crippen LogP contribution < -0.4 is 10.6 Å². The molecule has 9 heteroatoms. The van der Waals surface area contributed by atoms with E-state index in [2.05, 4.69) is 10.6 Å². The lowest BCUT2D eigenvalue weighted by Crippen LogP contribution is -2.44. The zero-order valence-electron chi connectivity index (χ0n) is 15.3. The molecule has 28 heavy (non-hydrogen) atoms. The van der Waals surface area contributed by atoms with Crippen molar-refractivity contribution >= 4 is 33.2 Å². The summed E-state index contributed by atoms with van der Waals surface area (Å²) in [5, 5.41) is 7.14. The molecule has 2 aromatic rings. The number of hydrogen-bond donors (Lipinski definition) is 2. The maximum absolute atomic E-state index is 12.5. The Morgan fingerprint density at radius 3 is 2.39 bits per heavy atom. The molecule has 1 aromatic heterocycles. The Labute approximate surface area is 168 Å². The summed E-state index contributed by atoms with van der Waals surface area (Å²) in [6, 6.07) is 12.8. The van der Waals surface area contributed by atoms with E-state index in [1.807, 2.05) is 30.3 Å². The van der Waals surface area contributed by atoms with E-state index < -0.39 is 10.0 Å². The van der Waals surface area contributed by atoms with Crippen molar-refractivity contribution in [3.05, 3.63) is 53.4 Å². The Morgan fingerprint density at radius 2 is 1.75 bits per heavy atom. The molecule has 0 spiro atoms. The summed E-state index contributed by atoms with van der Waals surface area (Å²) in [6.45, 7) is 0.935. The molecule has 2 N–H and O–H groups in total. The van der Waals surface area contributed by atoms with Crippen LogP contribution in [0.2, 0.25) is 0 Å². The van der Waals surface area contributed by atoms with Gasteiger partial charge in [-0.2, -0.15) is 4.31 Å². The van der Waals surface area contributed by atoms with Gasteiger partial charge in [0, 0.05) is 25.6 Å². The highest BCUT2D eigenvalue weighted by molar-refractivity contribution is 7.91. The van der Waals surface area contributed by atoms with E-state index in [0.717, 1.165) is 5.56 Å². The monoisotopic (exact) mass is 421 g/mol. The molecule has 7 nitrogen and oxygen atoms in total. The van der Waals surface area contributed by atoms with Crippen LogP contribution in [0.15, 0.2) is 52.1 Å². The molecule has 3 rings (SSSR count). The smallest absolute Gasteiger partial charge is 0.252 e. The number of nitrogens with zero attached hydrogens (tertiary/aromatic N) is 1. The number of amides is 2. The van der Waals surface area contributed by atoms with Crippen LogP contribution in [0.1, 0.15) is 18.4 Å². The van der Waals surface area contributed by atoms with Crippen LogP contribution in [0, 0.1) is 5.92 Å². The van der Waals surface area contributed by atoms with Crippen LogP contribution in [0.25, 0.3) is 0 Å². The lowest BCUT2D eigenvalue weighted by molar-refractivity contribution is -0.129. The minimum atomic E-state index is -3.47. The summed E-state index contributed by atoms with van der Waals surface area (Å²) in [5.41, 5.74) is 0.987. The van der Waals surface area contributed by atoms with E-state index in [-0.39, 0.29) is 24.3 Å². The number of piperidine rings is 1. The van der Waals surface area contributed by atoms with Gasteiger partial charge in [0.2, 0.25) is 11.8 Å². The topological polar surface area (TPSA) is 95.6 Å².